The highest BCUT2D eigenvalue weighted by atomic mass is 32.1. The fourth-order valence-electron chi connectivity index (χ4n) is 4.43. The van der Waals surface area contributed by atoms with Crippen molar-refractivity contribution in [3.05, 3.63) is 88.3 Å². The van der Waals surface area contributed by atoms with E-state index in [1.54, 1.807) is 21.1 Å². The van der Waals surface area contributed by atoms with Crippen molar-refractivity contribution < 1.29 is 14.3 Å². The number of carbonyl (C=O) groups excluding carboxylic acids is 1. The predicted octanol–water partition coefficient (Wildman–Crippen LogP) is 5.22. The lowest BCUT2D eigenvalue weighted by Gasteiger charge is -2.15. The van der Waals surface area contributed by atoms with Gasteiger partial charge in [-0.3, -0.25) is 14.2 Å². The Hall–Kier alpha value is -4.17. The van der Waals surface area contributed by atoms with E-state index in [1.165, 1.54) is 22.2 Å². The van der Waals surface area contributed by atoms with Crippen LogP contribution in [-0.2, 0) is 11.2 Å². The summed E-state index contributed by atoms with van der Waals surface area (Å²) in [5.74, 6) is 1.05. The maximum atomic E-state index is 13.5. The number of nitrogens with zero attached hydrogens (tertiary/aromatic N) is 2. The highest BCUT2D eigenvalue weighted by Gasteiger charge is 2.20. The molecule has 1 amide bonds. The lowest BCUT2D eigenvalue weighted by atomic mass is 10.0. The molecule has 2 heterocycles. The van der Waals surface area contributed by atoms with E-state index in [0.717, 1.165) is 27.5 Å². The first-order valence-electron chi connectivity index (χ1n) is 12.0. The number of hydrogen-bond donors (Lipinski definition) is 1. The molecular weight excluding hydrogens is 486 g/mol. The molecule has 0 aliphatic carbocycles. The highest BCUT2D eigenvalue weighted by Crippen LogP contribution is 2.33. The van der Waals surface area contributed by atoms with E-state index in [9.17, 15) is 9.59 Å². The number of thiophene rings is 1. The second-order valence-electron chi connectivity index (χ2n) is 8.75. The number of amides is 1. The molecular formula is C29H27N3O4S. The molecule has 0 bridgehead atoms. The Morgan fingerprint density at radius 3 is 2.59 bits per heavy atom. The Morgan fingerprint density at radius 2 is 1.81 bits per heavy atom. The van der Waals surface area contributed by atoms with Gasteiger partial charge in [-0.25, -0.2) is 4.98 Å². The van der Waals surface area contributed by atoms with Gasteiger partial charge in [-0.1, -0.05) is 42.5 Å². The molecule has 2 aromatic heterocycles. The molecule has 8 heteroatoms. The Morgan fingerprint density at radius 1 is 1.03 bits per heavy atom. The number of methoxy groups -OCH3 is 2. The fourth-order valence-corrected chi connectivity index (χ4v) is 5.34. The molecule has 5 rings (SSSR count). The van der Waals surface area contributed by atoms with Crippen LogP contribution >= 0.6 is 11.3 Å². The van der Waals surface area contributed by atoms with E-state index >= 15 is 0 Å². The zero-order valence-corrected chi connectivity index (χ0v) is 21.7. The highest BCUT2D eigenvalue weighted by molar-refractivity contribution is 7.17. The van der Waals surface area contributed by atoms with Gasteiger partial charge in [0.1, 0.15) is 10.9 Å². The molecule has 1 N–H and O–H groups in total. The molecule has 1 unspecified atom stereocenters. The van der Waals surface area contributed by atoms with E-state index in [0.29, 0.717) is 34.7 Å². The molecule has 0 aliphatic rings. The van der Waals surface area contributed by atoms with Crippen LogP contribution in [0, 0.1) is 0 Å². The average Bonchev–Trinajstić information content (AvgIpc) is 3.37. The molecule has 1 atom stereocenters. The van der Waals surface area contributed by atoms with Crippen LogP contribution < -0.4 is 20.3 Å². The second kappa shape index (κ2) is 10.4. The van der Waals surface area contributed by atoms with Gasteiger partial charge in [-0.2, -0.15) is 0 Å². The number of nitrogens with one attached hydrogen (secondary N) is 1. The topological polar surface area (TPSA) is 82.5 Å². The molecule has 0 aliphatic heterocycles. The smallest absolute Gasteiger partial charge is 0.263 e. The summed E-state index contributed by atoms with van der Waals surface area (Å²) in [6.07, 6.45) is 2.07. The number of fused-ring (bicyclic) bond motifs is 2. The van der Waals surface area contributed by atoms with Crippen molar-refractivity contribution in [2.45, 2.75) is 19.4 Å². The van der Waals surface area contributed by atoms with Gasteiger partial charge in [0, 0.05) is 17.5 Å². The molecule has 7 nitrogen and oxygen atoms in total. The minimum atomic E-state index is -0.709. The molecule has 0 saturated carbocycles. The third kappa shape index (κ3) is 4.80. The Kier molecular flexibility index (Phi) is 6.92. The summed E-state index contributed by atoms with van der Waals surface area (Å²) in [6.45, 7) is 2.13. The summed E-state index contributed by atoms with van der Waals surface area (Å²) in [4.78, 5) is 31.6. The van der Waals surface area contributed by atoms with Crippen LogP contribution in [0.25, 0.3) is 32.1 Å². The number of benzene rings is 3. The molecule has 0 fully saturated rings. The zero-order chi connectivity index (χ0) is 25.9. The summed E-state index contributed by atoms with van der Waals surface area (Å²) in [6, 6.07) is 19.2. The number of ether oxygens (including phenoxy) is 2. The van der Waals surface area contributed by atoms with Crippen LogP contribution in [0.15, 0.2) is 77.2 Å². The van der Waals surface area contributed by atoms with Crippen molar-refractivity contribution >= 4 is 38.2 Å². The normalized spacial score (nSPS) is 12.0. The largest absolute Gasteiger partial charge is 0.493 e. The van der Waals surface area contributed by atoms with Crippen molar-refractivity contribution in [2.24, 2.45) is 0 Å². The van der Waals surface area contributed by atoms with Crippen LogP contribution in [-0.4, -0.2) is 36.2 Å². The Balaban J connectivity index is 1.35. The first kappa shape index (κ1) is 24.5. The van der Waals surface area contributed by atoms with Crippen molar-refractivity contribution in [2.75, 3.05) is 20.8 Å². The predicted molar refractivity (Wildman–Crippen MR) is 148 cm³/mol. The van der Waals surface area contributed by atoms with Crippen LogP contribution in [0.4, 0.5) is 0 Å². The van der Waals surface area contributed by atoms with Crippen molar-refractivity contribution in [1.82, 2.24) is 14.9 Å². The number of aromatic nitrogens is 2. The average molecular weight is 514 g/mol. The Labute approximate surface area is 218 Å². The van der Waals surface area contributed by atoms with E-state index in [-0.39, 0.29) is 11.5 Å². The van der Waals surface area contributed by atoms with Gasteiger partial charge >= 0.3 is 0 Å². The van der Waals surface area contributed by atoms with Gasteiger partial charge in [0.15, 0.2) is 11.5 Å². The monoisotopic (exact) mass is 513 g/mol. The Bertz CT molecular complexity index is 1660. The molecule has 0 spiro atoms. The summed E-state index contributed by atoms with van der Waals surface area (Å²) in [5, 5.41) is 7.67. The quantitative estimate of drug-likeness (QED) is 0.308. The third-order valence-electron chi connectivity index (χ3n) is 6.54. The van der Waals surface area contributed by atoms with Crippen LogP contribution in [0.2, 0.25) is 0 Å². The SMILES string of the molecule is COc1ccc(CCNC(=O)C(C)n2cnc3scc(-c4ccc5ccccc5c4)c3c2=O)cc1OC. The van der Waals surface area contributed by atoms with Crippen molar-refractivity contribution in [3.8, 4) is 22.6 Å². The van der Waals surface area contributed by atoms with Gasteiger partial charge in [-0.05, 0) is 53.4 Å². The first-order valence-corrected chi connectivity index (χ1v) is 12.8. The van der Waals surface area contributed by atoms with Crippen molar-refractivity contribution in [1.29, 1.82) is 0 Å². The van der Waals surface area contributed by atoms with E-state index < -0.39 is 6.04 Å². The number of carbonyl (C=O) groups is 1. The molecule has 0 saturated heterocycles. The molecule has 0 radical (unpaired) electrons. The van der Waals surface area contributed by atoms with E-state index in [4.69, 9.17) is 9.47 Å². The van der Waals surface area contributed by atoms with Crippen LogP contribution in [0.3, 0.4) is 0 Å². The fraction of sp³-hybridized carbons (Fsp3) is 0.207. The number of rotatable bonds is 8. The van der Waals surface area contributed by atoms with Gasteiger partial charge in [0.05, 0.1) is 25.9 Å². The maximum absolute atomic E-state index is 13.5. The zero-order valence-electron chi connectivity index (χ0n) is 20.9. The molecule has 5 aromatic rings. The maximum Gasteiger partial charge on any atom is 0.263 e. The third-order valence-corrected chi connectivity index (χ3v) is 7.42. The standard InChI is InChI=1S/C29H27N3O4S/c1-18(27(33)30-13-12-19-8-11-24(35-2)25(14-19)36-3)32-17-31-28-26(29(32)34)23(16-37-28)22-10-9-20-6-4-5-7-21(20)15-22/h4-11,14-18H,12-13H2,1-3H3,(H,30,33). The lowest BCUT2D eigenvalue weighted by molar-refractivity contribution is -0.123. The molecule has 3 aromatic carbocycles. The summed E-state index contributed by atoms with van der Waals surface area (Å²) in [5.41, 5.74) is 2.56. The summed E-state index contributed by atoms with van der Waals surface area (Å²) in [7, 11) is 3.18. The lowest BCUT2D eigenvalue weighted by Crippen LogP contribution is -2.36. The minimum Gasteiger partial charge on any atom is -0.493 e. The van der Waals surface area contributed by atoms with Gasteiger partial charge in [0.2, 0.25) is 5.91 Å². The molecule has 37 heavy (non-hydrogen) atoms. The summed E-state index contributed by atoms with van der Waals surface area (Å²) < 4.78 is 12.0. The van der Waals surface area contributed by atoms with Crippen LogP contribution in [0.1, 0.15) is 18.5 Å². The summed E-state index contributed by atoms with van der Waals surface area (Å²) >= 11 is 1.43. The van der Waals surface area contributed by atoms with Gasteiger partial charge in [0.25, 0.3) is 5.56 Å². The van der Waals surface area contributed by atoms with Gasteiger partial charge in [-0.15, -0.1) is 11.3 Å². The van der Waals surface area contributed by atoms with Crippen LogP contribution in [0.5, 0.6) is 11.5 Å². The first-order chi connectivity index (χ1) is 18.0. The minimum absolute atomic E-state index is 0.225. The second-order valence-corrected chi connectivity index (χ2v) is 9.61. The van der Waals surface area contributed by atoms with Crippen molar-refractivity contribution in [3.63, 3.8) is 0 Å². The van der Waals surface area contributed by atoms with E-state index in [1.807, 2.05) is 41.8 Å². The van der Waals surface area contributed by atoms with E-state index in [2.05, 4.69) is 34.6 Å². The molecule has 188 valence electrons. The number of hydrogen-bond acceptors (Lipinski definition) is 6. The van der Waals surface area contributed by atoms with Gasteiger partial charge < -0.3 is 14.8 Å².